The third kappa shape index (κ3) is 4.50. The van der Waals surface area contributed by atoms with Crippen LogP contribution in [0.5, 0.6) is 0 Å². The summed E-state index contributed by atoms with van der Waals surface area (Å²) in [4.78, 5) is 22.8. The Hall–Kier alpha value is -3.62. The van der Waals surface area contributed by atoms with E-state index in [0.717, 1.165) is 17.2 Å². The zero-order chi connectivity index (χ0) is 25.4. The van der Waals surface area contributed by atoms with Crippen LogP contribution in [0.4, 0.5) is 33.7 Å². The molecule has 2 aliphatic rings. The summed E-state index contributed by atoms with van der Waals surface area (Å²) >= 11 is 0. The first-order valence-corrected chi connectivity index (χ1v) is 11.9. The number of rotatable bonds is 4. The molecule has 1 fully saturated rings. The molecule has 3 heterocycles. The third-order valence-corrected chi connectivity index (χ3v) is 7.01. The smallest absolute Gasteiger partial charge is 0.369 e. The molecular weight excluding hydrogens is 472 g/mol. The lowest BCUT2D eigenvalue weighted by atomic mass is 9.99. The van der Waals surface area contributed by atoms with E-state index in [9.17, 15) is 22.4 Å². The molecular formula is C27H26F4N4O. The van der Waals surface area contributed by atoms with E-state index < -0.39 is 11.7 Å². The highest BCUT2D eigenvalue weighted by Gasteiger charge is 2.39. The largest absolute Gasteiger partial charge is 0.418 e. The number of aryl methyl sites for hydroxylation is 1. The molecule has 0 unspecified atom stereocenters. The number of para-hydroxylation sites is 2. The number of amides is 2. The standard InChI is InChI=1S/C27H26F4N4O/c1-18-6-4-9-22(28)25(18)33-14-11-20(12-15-33)34-16-19-7-2-3-10-24(19)35(26(34)36)17-23-21(27(29,30)31)8-5-13-32-23/h2-10,13,20H,11-12,14-17H2,1H3. The topological polar surface area (TPSA) is 39.7 Å². The Morgan fingerprint density at radius 2 is 1.75 bits per heavy atom. The molecule has 2 aromatic carbocycles. The minimum Gasteiger partial charge on any atom is -0.369 e. The van der Waals surface area contributed by atoms with Crippen molar-refractivity contribution in [3.63, 3.8) is 0 Å². The first-order valence-electron chi connectivity index (χ1n) is 11.9. The van der Waals surface area contributed by atoms with Crippen molar-refractivity contribution in [2.75, 3.05) is 22.9 Å². The summed E-state index contributed by atoms with van der Waals surface area (Å²) in [6, 6.07) is 14.1. The first-order chi connectivity index (χ1) is 17.2. The van der Waals surface area contributed by atoms with Crippen LogP contribution in [0.3, 0.4) is 0 Å². The van der Waals surface area contributed by atoms with Gasteiger partial charge in [0.15, 0.2) is 0 Å². The van der Waals surface area contributed by atoms with Gasteiger partial charge in [-0.25, -0.2) is 9.18 Å². The maximum atomic E-state index is 14.5. The molecule has 2 amide bonds. The Morgan fingerprint density at radius 1 is 1.00 bits per heavy atom. The Morgan fingerprint density at radius 3 is 2.47 bits per heavy atom. The zero-order valence-electron chi connectivity index (χ0n) is 19.8. The second kappa shape index (κ2) is 9.44. The third-order valence-electron chi connectivity index (χ3n) is 7.01. The number of fused-ring (bicyclic) bond motifs is 1. The van der Waals surface area contributed by atoms with Gasteiger partial charge < -0.3 is 9.80 Å². The van der Waals surface area contributed by atoms with E-state index in [-0.39, 0.29) is 30.1 Å². The number of anilines is 2. The van der Waals surface area contributed by atoms with Gasteiger partial charge in [0.05, 0.1) is 29.2 Å². The van der Waals surface area contributed by atoms with E-state index in [0.29, 0.717) is 43.9 Å². The molecule has 1 aromatic heterocycles. The Kier molecular flexibility index (Phi) is 6.32. The van der Waals surface area contributed by atoms with Gasteiger partial charge in [0, 0.05) is 31.9 Å². The van der Waals surface area contributed by atoms with Crippen molar-refractivity contribution in [1.29, 1.82) is 0 Å². The van der Waals surface area contributed by atoms with Crippen LogP contribution < -0.4 is 9.80 Å². The van der Waals surface area contributed by atoms with Crippen molar-refractivity contribution in [2.45, 2.75) is 45.1 Å². The molecule has 0 saturated carbocycles. The maximum absolute atomic E-state index is 14.5. The van der Waals surface area contributed by atoms with E-state index in [4.69, 9.17) is 0 Å². The van der Waals surface area contributed by atoms with Crippen LogP contribution >= 0.6 is 0 Å². The summed E-state index contributed by atoms with van der Waals surface area (Å²) in [6.45, 7) is 3.13. The molecule has 5 nitrogen and oxygen atoms in total. The van der Waals surface area contributed by atoms with Gasteiger partial charge in [0.25, 0.3) is 0 Å². The average molecular weight is 499 g/mol. The maximum Gasteiger partial charge on any atom is 0.418 e. The molecule has 2 aliphatic heterocycles. The van der Waals surface area contributed by atoms with E-state index in [1.54, 1.807) is 23.1 Å². The predicted molar refractivity (Wildman–Crippen MR) is 129 cm³/mol. The summed E-state index contributed by atoms with van der Waals surface area (Å²) in [6.07, 6.45) is -2.00. The number of nitrogens with zero attached hydrogens (tertiary/aromatic N) is 4. The van der Waals surface area contributed by atoms with Gasteiger partial charge >= 0.3 is 12.2 Å². The highest BCUT2D eigenvalue weighted by molar-refractivity contribution is 5.95. The van der Waals surface area contributed by atoms with Gasteiger partial charge in [-0.3, -0.25) is 9.88 Å². The van der Waals surface area contributed by atoms with E-state index in [2.05, 4.69) is 4.98 Å². The molecule has 0 radical (unpaired) electrons. The predicted octanol–water partition coefficient (Wildman–Crippen LogP) is 6.16. The fourth-order valence-electron chi connectivity index (χ4n) is 5.25. The van der Waals surface area contributed by atoms with Crippen LogP contribution in [0, 0.1) is 12.7 Å². The molecule has 5 rings (SSSR count). The van der Waals surface area contributed by atoms with E-state index in [1.165, 1.54) is 23.2 Å². The SMILES string of the molecule is Cc1cccc(F)c1N1CCC(N2Cc3ccccc3N(Cc3ncccc3C(F)(F)F)C2=O)CC1. The number of urea groups is 1. The first kappa shape index (κ1) is 24.1. The quantitative estimate of drug-likeness (QED) is 0.405. The second-order valence-electron chi connectivity index (χ2n) is 9.24. The van der Waals surface area contributed by atoms with Gasteiger partial charge in [0.2, 0.25) is 0 Å². The average Bonchev–Trinajstić information content (AvgIpc) is 2.86. The number of alkyl halides is 3. The minimum atomic E-state index is -4.57. The number of piperidine rings is 1. The lowest BCUT2D eigenvalue weighted by Gasteiger charge is -2.44. The fraction of sp³-hybridized carbons (Fsp3) is 0.333. The van der Waals surface area contributed by atoms with Gasteiger partial charge in [0.1, 0.15) is 5.82 Å². The lowest BCUT2D eigenvalue weighted by Crippen LogP contribution is -2.54. The number of carbonyl (C=O) groups is 1. The Labute approximate surface area is 207 Å². The van der Waals surface area contributed by atoms with Crippen LogP contribution in [0.2, 0.25) is 0 Å². The molecule has 9 heteroatoms. The molecule has 0 spiro atoms. The molecule has 36 heavy (non-hydrogen) atoms. The van der Waals surface area contributed by atoms with Gasteiger partial charge in [-0.1, -0.05) is 30.3 Å². The monoisotopic (exact) mass is 498 g/mol. The number of pyridine rings is 1. The molecule has 0 N–H and O–H groups in total. The fourth-order valence-corrected chi connectivity index (χ4v) is 5.25. The normalized spacial score (nSPS) is 16.9. The molecule has 1 saturated heterocycles. The van der Waals surface area contributed by atoms with Crippen molar-refractivity contribution >= 4 is 17.4 Å². The number of hydrogen-bond acceptors (Lipinski definition) is 3. The number of benzene rings is 2. The van der Waals surface area contributed by atoms with Crippen LogP contribution in [-0.4, -0.2) is 35.0 Å². The molecule has 0 bridgehead atoms. The number of aromatic nitrogens is 1. The molecule has 0 atom stereocenters. The van der Waals surface area contributed by atoms with Crippen molar-refractivity contribution < 1.29 is 22.4 Å². The second-order valence-corrected chi connectivity index (χ2v) is 9.24. The van der Waals surface area contributed by atoms with Gasteiger partial charge in [-0.15, -0.1) is 0 Å². The minimum absolute atomic E-state index is 0.109. The van der Waals surface area contributed by atoms with Crippen LogP contribution in [-0.2, 0) is 19.3 Å². The van der Waals surface area contributed by atoms with E-state index >= 15 is 0 Å². The van der Waals surface area contributed by atoms with Gasteiger partial charge in [-0.2, -0.15) is 13.2 Å². The molecule has 3 aromatic rings. The summed E-state index contributed by atoms with van der Waals surface area (Å²) in [7, 11) is 0. The zero-order valence-corrected chi connectivity index (χ0v) is 19.8. The van der Waals surface area contributed by atoms with Gasteiger partial charge in [-0.05, 0) is 55.2 Å². The van der Waals surface area contributed by atoms with Crippen molar-refractivity contribution in [1.82, 2.24) is 9.88 Å². The summed E-state index contributed by atoms with van der Waals surface area (Å²) in [5.74, 6) is -0.265. The Balaban J connectivity index is 1.39. The summed E-state index contributed by atoms with van der Waals surface area (Å²) < 4.78 is 55.3. The number of hydrogen-bond donors (Lipinski definition) is 0. The molecule has 0 aliphatic carbocycles. The van der Waals surface area contributed by atoms with Crippen molar-refractivity contribution in [3.8, 4) is 0 Å². The van der Waals surface area contributed by atoms with Crippen LogP contribution in [0.1, 0.15) is 35.2 Å². The highest BCUT2D eigenvalue weighted by Crippen LogP contribution is 2.36. The summed E-state index contributed by atoms with van der Waals surface area (Å²) in [5, 5.41) is 0. The van der Waals surface area contributed by atoms with Crippen molar-refractivity contribution in [2.24, 2.45) is 0 Å². The number of halogens is 4. The summed E-state index contributed by atoms with van der Waals surface area (Å²) in [5.41, 5.74) is 1.87. The highest BCUT2D eigenvalue weighted by atomic mass is 19.4. The van der Waals surface area contributed by atoms with Crippen molar-refractivity contribution in [3.05, 3.63) is 89.0 Å². The molecule has 188 valence electrons. The van der Waals surface area contributed by atoms with E-state index in [1.807, 2.05) is 30.0 Å². The Bertz CT molecular complexity index is 1250. The van der Waals surface area contributed by atoms with Crippen LogP contribution in [0.15, 0.2) is 60.8 Å². The number of carbonyl (C=O) groups excluding carboxylic acids is 1. The van der Waals surface area contributed by atoms with Crippen LogP contribution in [0.25, 0.3) is 0 Å². The lowest BCUT2D eigenvalue weighted by molar-refractivity contribution is -0.138.